The summed E-state index contributed by atoms with van der Waals surface area (Å²) in [5.74, 6) is -0.959. The van der Waals surface area contributed by atoms with Crippen LogP contribution in [0.5, 0.6) is 0 Å². The van der Waals surface area contributed by atoms with E-state index in [1.54, 1.807) is 0 Å². The van der Waals surface area contributed by atoms with Crippen LogP contribution in [0, 0.1) is 0 Å². The monoisotopic (exact) mass is 1130 g/mol. The maximum atomic E-state index is 12.9. The average Bonchev–Trinajstić information content (AvgIpc) is 3.47. The Hall–Kier alpha value is -4.45. The van der Waals surface area contributed by atoms with E-state index in [0.29, 0.717) is 19.3 Å². The Morgan fingerprint density at radius 3 is 0.768 bits per heavy atom. The molecule has 0 N–H and O–H groups in total. The van der Waals surface area contributed by atoms with E-state index in [-0.39, 0.29) is 37.5 Å². The average molecular weight is 1140 g/mol. The molecule has 1 unspecified atom stereocenters. The SMILES string of the molecule is CC/C=C\C/C=C\C/C=C\C/C=C\C/C=C\C/C=C\CCCCC(=O)OC(COC(=O)CCCCCCC/C=C\C/C=C\C/C=C\C/C=C\C/C=C\CC)COC(=O)CCCCCCCCCCCCCCCCCCCCCCCC. The van der Waals surface area contributed by atoms with E-state index in [1.807, 2.05) is 0 Å². The molecule has 0 heterocycles. The molecule has 0 saturated heterocycles. The van der Waals surface area contributed by atoms with Crippen LogP contribution in [-0.2, 0) is 28.6 Å². The van der Waals surface area contributed by atoms with Crippen molar-refractivity contribution >= 4 is 17.9 Å². The normalized spacial score (nSPS) is 13.0. The van der Waals surface area contributed by atoms with Crippen molar-refractivity contribution in [1.82, 2.24) is 0 Å². The molecule has 6 nitrogen and oxygen atoms in total. The summed E-state index contributed by atoms with van der Waals surface area (Å²) in [5, 5.41) is 0. The summed E-state index contributed by atoms with van der Waals surface area (Å²) < 4.78 is 16.9. The van der Waals surface area contributed by atoms with Gasteiger partial charge in [0.15, 0.2) is 6.10 Å². The van der Waals surface area contributed by atoms with Gasteiger partial charge in [-0.25, -0.2) is 0 Å². The fourth-order valence-electron chi connectivity index (χ4n) is 9.36. The highest BCUT2D eigenvalue weighted by Gasteiger charge is 2.19. The largest absolute Gasteiger partial charge is 0.462 e. The zero-order chi connectivity index (χ0) is 59.2. The molecule has 0 spiro atoms. The molecule has 0 aromatic carbocycles. The van der Waals surface area contributed by atoms with Crippen LogP contribution in [0.2, 0.25) is 0 Å². The van der Waals surface area contributed by atoms with Crippen molar-refractivity contribution in [1.29, 1.82) is 0 Å². The standard InChI is InChI=1S/C76H126O6/c1-4-7-10-13-16-19-22-25-28-31-34-37-40-42-45-48-51-54-57-60-63-66-69-75(78)81-72-73(82-76(79)70-67-64-61-58-55-52-49-46-43-39-36-33-30-27-24-21-18-15-12-9-6-3)71-80-74(77)68-65-62-59-56-53-50-47-44-41-38-35-32-29-26-23-20-17-14-11-8-5-2/h8-9,11-12,17-18,20-21,26-27,29-30,35-36,38-39,44,46-47,49,55,58,73H,4-7,10,13-16,19,22-25,28,31-34,37,40-43,45,48,50-54,56-57,59-72H2,1-3H3/b11-8-,12-9-,20-17-,21-18-,29-26-,30-27-,38-35-,39-36-,47-44-,49-46-,58-55-. The van der Waals surface area contributed by atoms with Crippen molar-refractivity contribution in [2.75, 3.05) is 13.2 Å². The second kappa shape index (κ2) is 69.0. The van der Waals surface area contributed by atoms with E-state index in [9.17, 15) is 14.4 Å². The lowest BCUT2D eigenvalue weighted by molar-refractivity contribution is -0.167. The van der Waals surface area contributed by atoms with E-state index in [4.69, 9.17) is 14.2 Å². The van der Waals surface area contributed by atoms with E-state index in [2.05, 4.69) is 154 Å². The van der Waals surface area contributed by atoms with Crippen molar-refractivity contribution in [3.05, 3.63) is 134 Å². The third-order valence-electron chi connectivity index (χ3n) is 14.4. The maximum Gasteiger partial charge on any atom is 0.306 e. The van der Waals surface area contributed by atoms with Gasteiger partial charge in [-0.3, -0.25) is 14.4 Å². The van der Waals surface area contributed by atoms with Gasteiger partial charge in [0.1, 0.15) is 13.2 Å². The molecule has 1 atom stereocenters. The number of ether oxygens (including phenoxy) is 3. The van der Waals surface area contributed by atoms with Gasteiger partial charge in [0.2, 0.25) is 0 Å². The Morgan fingerprint density at radius 1 is 0.256 bits per heavy atom. The second-order valence-corrected chi connectivity index (χ2v) is 22.3. The van der Waals surface area contributed by atoms with Gasteiger partial charge >= 0.3 is 17.9 Å². The van der Waals surface area contributed by atoms with Gasteiger partial charge in [-0.15, -0.1) is 0 Å². The molecule has 6 heteroatoms. The number of unbranched alkanes of at least 4 members (excludes halogenated alkanes) is 28. The van der Waals surface area contributed by atoms with Crippen molar-refractivity contribution in [2.24, 2.45) is 0 Å². The highest BCUT2D eigenvalue weighted by molar-refractivity contribution is 5.71. The number of esters is 3. The molecule has 0 saturated carbocycles. The first kappa shape index (κ1) is 77.5. The van der Waals surface area contributed by atoms with Crippen LogP contribution < -0.4 is 0 Å². The molecule has 0 aromatic heterocycles. The predicted molar refractivity (Wildman–Crippen MR) is 357 cm³/mol. The molecule has 0 aliphatic heterocycles. The lowest BCUT2D eigenvalue weighted by atomic mass is 10.0. The Bertz CT molecular complexity index is 1730. The number of carbonyl (C=O) groups excluding carboxylic acids is 3. The first-order valence-electron chi connectivity index (χ1n) is 34.2. The lowest BCUT2D eigenvalue weighted by Gasteiger charge is -2.18. The summed E-state index contributed by atoms with van der Waals surface area (Å²) in [5.41, 5.74) is 0. The number of hydrogen-bond donors (Lipinski definition) is 0. The molecule has 0 aromatic rings. The Labute approximate surface area is 506 Å². The Balaban J connectivity index is 4.49. The predicted octanol–water partition coefficient (Wildman–Crippen LogP) is 23.7. The van der Waals surface area contributed by atoms with Crippen LogP contribution in [0.4, 0.5) is 0 Å². The minimum Gasteiger partial charge on any atom is -0.462 e. The third kappa shape index (κ3) is 66.4. The molecule has 0 aliphatic carbocycles. The summed E-state index contributed by atoms with van der Waals surface area (Å²) >= 11 is 0. The molecule has 82 heavy (non-hydrogen) atoms. The van der Waals surface area contributed by atoms with Crippen LogP contribution in [0.25, 0.3) is 0 Å². The number of carbonyl (C=O) groups is 3. The summed E-state index contributed by atoms with van der Waals surface area (Å²) in [6, 6.07) is 0. The minimum atomic E-state index is -0.816. The van der Waals surface area contributed by atoms with E-state index >= 15 is 0 Å². The molecular weight excluding hydrogens is 1010 g/mol. The van der Waals surface area contributed by atoms with Crippen molar-refractivity contribution in [3.8, 4) is 0 Å². The number of rotatable bonds is 61. The molecule has 0 amide bonds. The Morgan fingerprint density at radius 2 is 0.476 bits per heavy atom. The molecule has 0 fully saturated rings. The third-order valence-corrected chi connectivity index (χ3v) is 14.4. The molecule has 0 bridgehead atoms. The molecule has 0 aliphatic rings. The van der Waals surface area contributed by atoms with Gasteiger partial charge in [-0.2, -0.15) is 0 Å². The van der Waals surface area contributed by atoms with Gasteiger partial charge in [0.05, 0.1) is 0 Å². The van der Waals surface area contributed by atoms with Crippen molar-refractivity contribution < 1.29 is 28.6 Å². The van der Waals surface area contributed by atoms with Crippen LogP contribution >= 0.6 is 0 Å². The first-order valence-corrected chi connectivity index (χ1v) is 34.2. The molecule has 466 valence electrons. The zero-order valence-electron chi connectivity index (χ0n) is 53.5. The fraction of sp³-hybridized carbons (Fsp3) is 0.671. The summed E-state index contributed by atoms with van der Waals surface area (Å²) in [4.78, 5) is 38.5. The van der Waals surface area contributed by atoms with Crippen LogP contribution in [0.3, 0.4) is 0 Å². The summed E-state index contributed by atoms with van der Waals surface area (Å²) in [6.45, 7) is 6.39. The van der Waals surface area contributed by atoms with Gasteiger partial charge < -0.3 is 14.2 Å². The lowest BCUT2D eigenvalue weighted by Crippen LogP contribution is -2.30. The fourth-order valence-corrected chi connectivity index (χ4v) is 9.36. The van der Waals surface area contributed by atoms with Crippen molar-refractivity contribution in [2.45, 2.75) is 316 Å². The molecule has 0 rings (SSSR count). The number of hydrogen-bond acceptors (Lipinski definition) is 6. The van der Waals surface area contributed by atoms with Gasteiger partial charge in [0.25, 0.3) is 0 Å². The highest BCUT2D eigenvalue weighted by Crippen LogP contribution is 2.17. The minimum absolute atomic E-state index is 0.104. The summed E-state index contributed by atoms with van der Waals surface area (Å²) in [6.07, 6.45) is 97.5. The zero-order valence-corrected chi connectivity index (χ0v) is 53.5. The second-order valence-electron chi connectivity index (χ2n) is 22.3. The summed E-state index contributed by atoms with van der Waals surface area (Å²) in [7, 11) is 0. The van der Waals surface area contributed by atoms with E-state index in [1.165, 1.54) is 122 Å². The van der Waals surface area contributed by atoms with E-state index < -0.39 is 6.10 Å². The van der Waals surface area contributed by atoms with Gasteiger partial charge in [-0.05, 0) is 116 Å². The smallest absolute Gasteiger partial charge is 0.306 e. The van der Waals surface area contributed by atoms with Crippen molar-refractivity contribution in [3.63, 3.8) is 0 Å². The van der Waals surface area contributed by atoms with Crippen LogP contribution in [0.15, 0.2) is 134 Å². The maximum absolute atomic E-state index is 12.9. The molecule has 0 radical (unpaired) electrons. The van der Waals surface area contributed by atoms with E-state index in [0.717, 1.165) is 141 Å². The quantitative estimate of drug-likeness (QED) is 0.0261. The molecular formula is C76H126O6. The highest BCUT2D eigenvalue weighted by atomic mass is 16.6. The first-order chi connectivity index (χ1) is 40.5. The van der Waals surface area contributed by atoms with Gasteiger partial charge in [-0.1, -0.05) is 309 Å². The van der Waals surface area contributed by atoms with Crippen LogP contribution in [0.1, 0.15) is 310 Å². The Kier molecular flexibility index (Phi) is 65.3. The van der Waals surface area contributed by atoms with Gasteiger partial charge in [0, 0.05) is 19.3 Å². The van der Waals surface area contributed by atoms with Crippen LogP contribution in [-0.4, -0.2) is 37.2 Å². The number of allylic oxidation sites excluding steroid dienone is 22. The topological polar surface area (TPSA) is 78.9 Å².